The number of carbonyl (C=O) groups excluding carboxylic acids is 1. The fourth-order valence-electron chi connectivity index (χ4n) is 2.55. The minimum absolute atomic E-state index is 0.00962. The number of ether oxygens (including phenoxy) is 1. The van der Waals surface area contributed by atoms with E-state index in [0.717, 1.165) is 25.3 Å². The van der Waals surface area contributed by atoms with Crippen LogP contribution in [0.3, 0.4) is 0 Å². The summed E-state index contributed by atoms with van der Waals surface area (Å²) in [5.41, 5.74) is 1.43. The van der Waals surface area contributed by atoms with Gasteiger partial charge in [0.25, 0.3) is 0 Å². The van der Waals surface area contributed by atoms with Crippen molar-refractivity contribution >= 4 is 5.91 Å². The van der Waals surface area contributed by atoms with Crippen molar-refractivity contribution in [2.24, 2.45) is 5.92 Å². The number of hydrogen-bond acceptors (Lipinski definition) is 3. The number of hydrogen-bond donors (Lipinski definition) is 2. The normalized spacial score (nSPS) is 19.7. The van der Waals surface area contributed by atoms with Crippen LogP contribution in [0.5, 0.6) is 5.75 Å². The molecule has 1 fully saturated rings. The van der Waals surface area contributed by atoms with Crippen LogP contribution >= 0.6 is 0 Å². The lowest BCUT2D eigenvalue weighted by molar-refractivity contribution is -0.125. The van der Waals surface area contributed by atoms with Gasteiger partial charge in [-0.3, -0.25) is 4.79 Å². The molecule has 4 nitrogen and oxygen atoms in total. The van der Waals surface area contributed by atoms with Crippen LogP contribution in [0.4, 0.5) is 0 Å². The highest BCUT2D eigenvalue weighted by Crippen LogP contribution is 2.24. The fourth-order valence-corrected chi connectivity index (χ4v) is 2.55. The van der Waals surface area contributed by atoms with E-state index < -0.39 is 0 Å². The van der Waals surface area contributed by atoms with Crippen molar-refractivity contribution in [1.29, 1.82) is 0 Å². The Labute approximate surface area is 133 Å². The third-order valence-corrected chi connectivity index (χ3v) is 4.04. The van der Waals surface area contributed by atoms with Gasteiger partial charge in [-0.25, -0.2) is 0 Å². The van der Waals surface area contributed by atoms with E-state index >= 15 is 0 Å². The highest BCUT2D eigenvalue weighted by atomic mass is 16.5. The standard InChI is InChI=1S/C18H28N2O2/c1-13(20-17(21)14-9-10-19-11-14)12-22-16-7-5-15(6-8-16)18(2,3)4/h5-8,13-14,19H,9-12H2,1-4H3,(H,20,21). The SMILES string of the molecule is CC(COc1ccc(C(C)(C)C)cc1)NC(=O)C1CCNC1. The Hall–Kier alpha value is -1.55. The Morgan fingerprint density at radius 2 is 2.05 bits per heavy atom. The van der Waals surface area contributed by atoms with E-state index in [9.17, 15) is 4.79 Å². The van der Waals surface area contributed by atoms with Gasteiger partial charge in [-0.15, -0.1) is 0 Å². The molecule has 1 aromatic carbocycles. The molecule has 0 radical (unpaired) electrons. The zero-order valence-corrected chi connectivity index (χ0v) is 14.1. The number of rotatable bonds is 5. The van der Waals surface area contributed by atoms with Crippen LogP contribution in [-0.2, 0) is 10.2 Å². The highest BCUT2D eigenvalue weighted by Gasteiger charge is 2.23. The van der Waals surface area contributed by atoms with E-state index in [1.165, 1.54) is 5.56 Å². The molecule has 0 saturated carbocycles. The van der Waals surface area contributed by atoms with Crippen molar-refractivity contribution in [2.45, 2.75) is 45.6 Å². The van der Waals surface area contributed by atoms with Crippen molar-refractivity contribution < 1.29 is 9.53 Å². The van der Waals surface area contributed by atoms with Gasteiger partial charge >= 0.3 is 0 Å². The summed E-state index contributed by atoms with van der Waals surface area (Å²) < 4.78 is 5.77. The van der Waals surface area contributed by atoms with Gasteiger partial charge in [-0.05, 0) is 43.0 Å². The number of amides is 1. The molecule has 4 heteroatoms. The largest absolute Gasteiger partial charge is 0.491 e. The summed E-state index contributed by atoms with van der Waals surface area (Å²) >= 11 is 0. The zero-order valence-electron chi connectivity index (χ0n) is 14.1. The molecule has 1 amide bonds. The summed E-state index contributed by atoms with van der Waals surface area (Å²) in [6, 6.07) is 8.20. The maximum atomic E-state index is 12.0. The smallest absolute Gasteiger partial charge is 0.224 e. The van der Waals surface area contributed by atoms with Crippen LogP contribution in [0.2, 0.25) is 0 Å². The van der Waals surface area contributed by atoms with E-state index in [-0.39, 0.29) is 23.3 Å². The summed E-state index contributed by atoms with van der Waals surface area (Å²) in [5, 5.41) is 6.23. The Bertz CT molecular complexity index is 485. The summed E-state index contributed by atoms with van der Waals surface area (Å²) in [6.07, 6.45) is 0.924. The summed E-state index contributed by atoms with van der Waals surface area (Å²) in [6.45, 7) is 10.8. The van der Waals surface area contributed by atoms with Crippen molar-refractivity contribution in [1.82, 2.24) is 10.6 Å². The molecular formula is C18H28N2O2. The van der Waals surface area contributed by atoms with E-state index in [0.29, 0.717) is 6.61 Å². The van der Waals surface area contributed by atoms with Gasteiger partial charge in [0.2, 0.25) is 5.91 Å². The second-order valence-electron chi connectivity index (χ2n) is 7.18. The first-order valence-electron chi connectivity index (χ1n) is 8.10. The minimum atomic E-state index is 0.00962. The molecule has 2 rings (SSSR count). The molecule has 0 aliphatic carbocycles. The molecule has 2 atom stereocenters. The van der Waals surface area contributed by atoms with Crippen LogP contribution in [0.25, 0.3) is 0 Å². The number of benzene rings is 1. The van der Waals surface area contributed by atoms with Crippen molar-refractivity contribution in [3.05, 3.63) is 29.8 Å². The maximum absolute atomic E-state index is 12.0. The van der Waals surface area contributed by atoms with Crippen molar-refractivity contribution in [3.63, 3.8) is 0 Å². The van der Waals surface area contributed by atoms with Gasteiger partial charge in [0.15, 0.2) is 0 Å². The molecule has 1 aromatic rings. The quantitative estimate of drug-likeness (QED) is 0.878. The highest BCUT2D eigenvalue weighted by molar-refractivity contribution is 5.79. The molecule has 1 saturated heterocycles. The molecule has 1 aliphatic rings. The Morgan fingerprint density at radius 1 is 1.36 bits per heavy atom. The van der Waals surface area contributed by atoms with Crippen molar-refractivity contribution in [3.8, 4) is 5.75 Å². The van der Waals surface area contributed by atoms with Crippen LogP contribution in [0.15, 0.2) is 24.3 Å². The molecule has 2 N–H and O–H groups in total. The third-order valence-electron chi connectivity index (χ3n) is 4.04. The predicted molar refractivity (Wildman–Crippen MR) is 89.2 cm³/mol. The molecule has 0 aromatic heterocycles. The Morgan fingerprint density at radius 3 is 2.59 bits per heavy atom. The zero-order chi connectivity index (χ0) is 16.2. The topological polar surface area (TPSA) is 50.4 Å². The Balaban J connectivity index is 1.78. The summed E-state index contributed by atoms with van der Waals surface area (Å²) in [4.78, 5) is 12.0. The monoisotopic (exact) mass is 304 g/mol. The van der Waals surface area contributed by atoms with Crippen molar-refractivity contribution in [2.75, 3.05) is 19.7 Å². The third kappa shape index (κ3) is 4.73. The minimum Gasteiger partial charge on any atom is -0.491 e. The molecule has 0 bridgehead atoms. The Kier molecular flexibility index (Phi) is 5.46. The molecule has 1 heterocycles. The lowest BCUT2D eigenvalue weighted by Gasteiger charge is -2.20. The van der Waals surface area contributed by atoms with E-state index in [4.69, 9.17) is 4.74 Å². The molecule has 122 valence electrons. The number of carbonyl (C=O) groups is 1. The second-order valence-corrected chi connectivity index (χ2v) is 7.18. The van der Waals surface area contributed by atoms with Gasteiger partial charge < -0.3 is 15.4 Å². The average Bonchev–Trinajstić information content (AvgIpc) is 2.99. The van der Waals surface area contributed by atoms with E-state index in [1.807, 2.05) is 19.1 Å². The van der Waals surface area contributed by atoms with Gasteiger partial charge in [0.05, 0.1) is 12.0 Å². The van der Waals surface area contributed by atoms with Crippen LogP contribution in [0.1, 0.15) is 39.7 Å². The predicted octanol–water partition coefficient (Wildman–Crippen LogP) is 2.48. The number of nitrogens with one attached hydrogen (secondary N) is 2. The molecule has 22 heavy (non-hydrogen) atoms. The second kappa shape index (κ2) is 7.14. The van der Waals surface area contributed by atoms with E-state index in [2.05, 4.69) is 43.5 Å². The van der Waals surface area contributed by atoms with Gasteiger partial charge in [0.1, 0.15) is 12.4 Å². The fraction of sp³-hybridized carbons (Fsp3) is 0.611. The van der Waals surface area contributed by atoms with Gasteiger partial charge in [-0.2, -0.15) is 0 Å². The average molecular weight is 304 g/mol. The first-order chi connectivity index (χ1) is 10.4. The first-order valence-corrected chi connectivity index (χ1v) is 8.10. The maximum Gasteiger partial charge on any atom is 0.224 e. The van der Waals surface area contributed by atoms with Crippen LogP contribution in [0, 0.1) is 5.92 Å². The summed E-state index contributed by atoms with van der Waals surface area (Å²) in [5.74, 6) is 1.08. The van der Waals surface area contributed by atoms with Crippen LogP contribution < -0.4 is 15.4 Å². The lowest BCUT2D eigenvalue weighted by Crippen LogP contribution is -2.41. The first kappa shape index (κ1) is 16.8. The van der Waals surface area contributed by atoms with Gasteiger partial charge in [0, 0.05) is 6.54 Å². The molecule has 2 unspecified atom stereocenters. The summed E-state index contributed by atoms with van der Waals surface area (Å²) in [7, 11) is 0. The van der Waals surface area contributed by atoms with Gasteiger partial charge in [-0.1, -0.05) is 32.9 Å². The van der Waals surface area contributed by atoms with E-state index in [1.54, 1.807) is 0 Å². The molecular weight excluding hydrogens is 276 g/mol. The van der Waals surface area contributed by atoms with Crippen LogP contribution in [-0.4, -0.2) is 31.6 Å². The molecule has 0 spiro atoms. The molecule has 1 aliphatic heterocycles. The lowest BCUT2D eigenvalue weighted by atomic mass is 9.87.